The molecule has 0 heteroatoms. The fraction of sp³-hybridized carbons (Fsp3) is 0.200. The molecule has 0 nitrogen and oxygen atoms in total. The van der Waals surface area contributed by atoms with Crippen LogP contribution >= 0.6 is 0 Å². The van der Waals surface area contributed by atoms with Crippen molar-refractivity contribution >= 4 is 10.8 Å². The van der Waals surface area contributed by atoms with Crippen LogP contribution in [0.1, 0.15) is 35.4 Å². The zero-order valence-corrected chi connectivity index (χ0v) is 11.5. The summed E-state index contributed by atoms with van der Waals surface area (Å²) in [4.78, 5) is 0. The zero-order chi connectivity index (χ0) is 13.4. The van der Waals surface area contributed by atoms with E-state index in [0.29, 0.717) is 5.92 Å². The van der Waals surface area contributed by atoms with Crippen molar-refractivity contribution in [3.63, 3.8) is 0 Å². The molecular formula is C20H18. The topological polar surface area (TPSA) is 0 Å². The minimum absolute atomic E-state index is 0.574. The van der Waals surface area contributed by atoms with E-state index < -0.39 is 0 Å². The van der Waals surface area contributed by atoms with Crippen LogP contribution < -0.4 is 0 Å². The smallest absolute Gasteiger partial charge is 0.00924 e. The Kier molecular flexibility index (Phi) is 2.81. The van der Waals surface area contributed by atoms with Crippen molar-refractivity contribution in [2.75, 3.05) is 0 Å². The monoisotopic (exact) mass is 258 g/mol. The second-order valence-corrected chi connectivity index (χ2v) is 5.75. The molecule has 0 aliphatic heterocycles. The van der Waals surface area contributed by atoms with E-state index in [1.807, 2.05) is 0 Å². The van der Waals surface area contributed by atoms with Crippen LogP contribution in [0.15, 0.2) is 66.7 Å². The van der Waals surface area contributed by atoms with Gasteiger partial charge in [0.1, 0.15) is 0 Å². The Hall–Kier alpha value is -2.08. The van der Waals surface area contributed by atoms with E-state index in [1.165, 1.54) is 46.7 Å². The molecule has 0 saturated carbocycles. The standard InChI is InChI=1S/C20H18/c1-2-8-17-14-18(13-12-15(17)6-1)20-11-5-9-16-7-3-4-10-19(16)20/h1-4,6-8,10,12-14,20H,5,9,11H2/t20-/m1/s1. The second kappa shape index (κ2) is 4.79. The Morgan fingerprint density at radius 1 is 0.750 bits per heavy atom. The summed E-state index contributed by atoms with van der Waals surface area (Å²) in [5.74, 6) is 0.574. The first-order chi connectivity index (χ1) is 9.92. The highest BCUT2D eigenvalue weighted by Gasteiger charge is 2.21. The maximum atomic E-state index is 2.38. The van der Waals surface area contributed by atoms with Gasteiger partial charge < -0.3 is 0 Å². The highest BCUT2D eigenvalue weighted by Crippen LogP contribution is 2.37. The van der Waals surface area contributed by atoms with E-state index in [4.69, 9.17) is 0 Å². The summed E-state index contributed by atoms with van der Waals surface area (Å²) in [5.41, 5.74) is 4.54. The predicted molar refractivity (Wildman–Crippen MR) is 85.2 cm³/mol. The minimum Gasteiger partial charge on any atom is -0.0620 e. The van der Waals surface area contributed by atoms with Gasteiger partial charge in [0.25, 0.3) is 0 Å². The van der Waals surface area contributed by atoms with Gasteiger partial charge in [-0.25, -0.2) is 0 Å². The number of rotatable bonds is 1. The molecular weight excluding hydrogens is 240 g/mol. The summed E-state index contributed by atoms with van der Waals surface area (Å²) in [5, 5.41) is 2.69. The van der Waals surface area contributed by atoms with Crippen LogP contribution in [0.5, 0.6) is 0 Å². The number of fused-ring (bicyclic) bond motifs is 2. The first-order valence-corrected chi connectivity index (χ1v) is 7.48. The lowest BCUT2D eigenvalue weighted by Crippen LogP contribution is -2.10. The Bertz CT molecular complexity index is 755. The average molecular weight is 258 g/mol. The Morgan fingerprint density at radius 2 is 1.55 bits per heavy atom. The van der Waals surface area contributed by atoms with E-state index in [-0.39, 0.29) is 0 Å². The number of aryl methyl sites for hydroxylation is 1. The fourth-order valence-corrected chi connectivity index (χ4v) is 3.52. The highest BCUT2D eigenvalue weighted by atomic mass is 14.2. The molecule has 0 saturated heterocycles. The molecule has 4 rings (SSSR count). The third kappa shape index (κ3) is 1.92. The van der Waals surface area contributed by atoms with E-state index in [0.717, 1.165) is 0 Å². The highest BCUT2D eigenvalue weighted by molar-refractivity contribution is 5.83. The number of hydrogen-bond acceptors (Lipinski definition) is 0. The molecule has 0 aromatic heterocycles. The average Bonchev–Trinajstić information content (AvgIpc) is 2.54. The largest absolute Gasteiger partial charge is 0.0620 e. The maximum absolute atomic E-state index is 2.38. The minimum atomic E-state index is 0.574. The van der Waals surface area contributed by atoms with Crippen molar-refractivity contribution < 1.29 is 0 Å². The van der Waals surface area contributed by atoms with Crippen LogP contribution in [0.25, 0.3) is 10.8 Å². The van der Waals surface area contributed by atoms with Gasteiger partial charge in [0, 0.05) is 5.92 Å². The van der Waals surface area contributed by atoms with Crippen LogP contribution in [-0.2, 0) is 6.42 Å². The van der Waals surface area contributed by atoms with Gasteiger partial charge in [-0.3, -0.25) is 0 Å². The van der Waals surface area contributed by atoms with Crippen LogP contribution in [0.3, 0.4) is 0 Å². The van der Waals surface area contributed by atoms with Gasteiger partial charge in [-0.15, -0.1) is 0 Å². The van der Waals surface area contributed by atoms with Gasteiger partial charge in [-0.05, 0) is 46.7 Å². The van der Waals surface area contributed by atoms with E-state index in [2.05, 4.69) is 66.7 Å². The summed E-state index contributed by atoms with van der Waals surface area (Å²) in [6, 6.07) is 24.6. The molecule has 0 unspecified atom stereocenters. The van der Waals surface area contributed by atoms with Crippen molar-refractivity contribution in [2.45, 2.75) is 25.2 Å². The normalized spacial score (nSPS) is 17.9. The van der Waals surface area contributed by atoms with Crippen LogP contribution in [-0.4, -0.2) is 0 Å². The second-order valence-electron chi connectivity index (χ2n) is 5.75. The molecule has 0 N–H and O–H groups in total. The molecule has 0 fully saturated rings. The van der Waals surface area contributed by atoms with Gasteiger partial charge in [0.15, 0.2) is 0 Å². The van der Waals surface area contributed by atoms with Gasteiger partial charge in [0.05, 0.1) is 0 Å². The Labute approximate surface area is 120 Å². The Balaban J connectivity index is 1.84. The van der Waals surface area contributed by atoms with Gasteiger partial charge in [-0.2, -0.15) is 0 Å². The fourth-order valence-electron chi connectivity index (χ4n) is 3.52. The molecule has 3 aromatic rings. The Morgan fingerprint density at radius 3 is 2.50 bits per heavy atom. The van der Waals surface area contributed by atoms with E-state index in [1.54, 1.807) is 0 Å². The van der Waals surface area contributed by atoms with Crippen molar-refractivity contribution in [3.05, 3.63) is 83.4 Å². The molecule has 1 aliphatic rings. The molecule has 0 bridgehead atoms. The number of hydrogen-bond donors (Lipinski definition) is 0. The van der Waals surface area contributed by atoms with Crippen molar-refractivity contribution in [1.82, 2.24) is 0 Å². The molecule has 98 valence electrons. The molecule has 20 heavy (non-hydrogen) atoms. The quantitative estimate of drug-likeness (QED) is 0.555. The lowest BCUT2D eigenvalue weighted by atomic mass is 9.78. The SMILES string of the molecule is c1ccc2c(c1)CCC[C@@H]2c1ccc2ccccc2c1. The van der Waals surface area contributed by atoms with E-state index >= 15 is 0 Å². The lowest BCUT2D eigenvalue weighted by Gasteiger charge is -2.26. The summed E-state index contributed by atoms with van der Waals surface area (Å²) in [6.07, 6.45) is 3.81. The maximum Gasteiger partial charge on any atom is 0.00924 e. The summed E-state index contributed by atoms with van der Waals surface area (Å²) >= 11 is 0. The number of benzene rings is 3. The molecule has 1 atom stereocenters. The first-order valence-electron chi connectivity index (χ1n) is 7.48. The van der Waals surface area contributed by atoms with Gasteiger partial charge in [0.2, 0.25) is 0 Å². The molecule has 3 aromatic carbocycles. The van der Waals surface area contributed by atoms with Crippen LogP contribution in [0.4, 0.5) is 0 Å². The van der Waals surface area contributed by atoms with Gasteiger partial charge >= 0.3 is 0 Å². The van der Waals surface area contributed by atoms with Crippen LogP contribution in [0.2, 0.25) is 0 Å². The summed E-state index contributed by atoms with van der Waals surface area (Å²) in [7, 11) is 0. The van der Waals surface area contributed by atoms with Crippen molar-refractivity contribution in [2.24, 2.45) is 0 Å². The summed E-state index contributed by atoms with van der Waals surface area (Å²) < 4.78 is 0. The third-order valence-electron chi connectivity index (χ3n) is 4.55. The molecule has 0 spiro atoms. The van der Waals surface area contributed by atoms with E-state index in [9.17, 15) is 0 Å². The molecule has 0 amide bonds. The van der Waals surface area contributed by atoms with Crippen molar-refractivity contribution in [3.8, 4) is 0 Å². The molecule has 0 radical (unpaired) electrons. The predicted octanol–water partition coefficient (Wildman–Crippen LogP) is 5.31. The third-order valence-corrected chi connectivity index (χ3v) is 4.55. The zero-order valence-electron chi connectivity index (χ0n) is 11.5. The lowest BCUT2D eigenvalue weighted by molar-refractivity contribution is 0.616. The van der Waals surface area contributed by atoms with Gasteiger partial charge in [-0.1, -0.05) is 66.7 Å². The molecule has 0 heterocycles. The summed E-state index contributed by atoms with van der Waals surface area (Å²) in [6.45, 7) is 0. The first kappa shape index (κ1) is 11.7. The van der Waals surface area contributed by atoms with Crippen LogP contribution in [0, 0.1) is 0 Å². The van der Waals surface area contributed by atoms with Crippen molar-refractivity contribution in [1.29, 1.82) is 0 Å². The molecule has 1 aliphatic carbocycles.